The van der Waals surface area contributed by atoms with Crippen molar-refractivity contribution in [3.05, 3.63) is 0 Å². The molecule has 3 heteroatoms. The average molecular weight is 212 g/mol. The van der Waals surface area contributed by atoms with Gasteiger partial charge in [0.15, 0.2) is 0 Å². The molecular formula is C12H24N2O. The molecule has 0 heterocycles. The van der Waals surface area contributed by atoms with E-state index >= 15 is 0 Å². The topological polar surface area (TPSA) is 41.1 Å². The van der Waals surface area contributed by atoms with Gasteiger partial charge in [-0.25, -0.2) is 0 Å². The van der Waals surface area contributed by atoms with Gasteiger partial charge in [0.1, 0.15) is 0 Å². The monoisotopic (exact) mass is 212 g/mol. The van der Waals surface area contributed by atoms with E-state index in [-0.39, 0.29) is 11.9 Å². The van der Waals surface area contributed by atoms with Crippen molar-refractivity contribution >= 4 is 5.91 Å². The summed E-state index contributed by atoms with van der Waals surface area (Å²) in [7, 11) is 0. The molecule has 1 amide bonds. The Morgan fingerprint density at radius 3 is 2.73 bits per heavy atom. The molecule has 3 nitrogen and oxygen atoms in total. The predicted octanol–water partition coefficient (Wildman–Crippen LogP) is 1.68. The van der Waals surface area contributed by atoms with Crippen molar-refractivity contribution in [1.82, 2.24) is 10.6 Å². The lowest BCUT2D eigenvalue weighted by Gasteiger charge is -2.13. The molecule has 0 spiro atoms. The van der Waals surface area contributed by atoms with E-state index < -0.39 is 0 Å². The van der Waals surface area contributed by atoms with Gasteiger partial charge in [0.25, 0.3) is 0 Å². The molecule has 0 saturated heterocycles. The van der Waals surface area contributed by atoms with Crippen LogP contribution in [0.4, 0.5) is 0 Å². The van der Waals surface area contributed by atoms with Gasteiger partial charge in [-0.2, -0.15) is 0 Å². The maximum atomic E-state index is 11.6. The Hall–Kier alpha value is -0.570. The van der Waals surface area contributed by atoms with Crippen LogP contribution in [0.15, 0.2) is 0 Å². The summed E-state index contributed by atoms with van der Waals surface area (Å²) < 4.78 is 0. The molecule has 1 rings (SSSR count). The summed E-state index contributed by atoms with van der Waals surface area (Å²) in [6.07, 6.45) is 6.16. The summed E-state index contributed by atoms with van der Waals surface area (Å²) in [4.78, 5) is 11.6. The fourth-order valence-electron chi connectivity index (χ4n) is 1.50. The Balaban J connectivity index is 1.98. The van der Waals surface area contributed by atoms with E-state index in [9.17, 15) is 4.79 Å². The highest BCUT2D eigenvalue weighted by Crippen LogP contribution is 2.27. The third kappa shape index (κ3) is 5.78. The number of carbonyl (C=O) groups is 1. The summed E-state index contributed by atoms with van der Waals surface area (Å²) in [5.41, 5.74) is 0. The van der Waals surface area contributed by atoms with Crippen molar-refractivity contribution in [3.8, 4) is 0 Å². The zero-order valence-electron chi connectivity index (χ0n) is 10.0. The van der Waals surface area contributed by atoms with Gasteiger partial charge in [0.2, 0.25) is 5.91 Å². The lowest BCUT2D eigenvalue weighted by molar-refractivity contribution is -0.122. The lowest BCUT2D eigenvalue weighted by atomic mass is 10.2. The van der Waals surface area contributed by atoms with Crippen molar-refractivity contribution in [2.24, 2.45) is 5.92 Å². The second-order valence-electron chi connectivity index (χ2n) is 4.57. The molecule has 0 radical (unpaired) electrons. The van der Waals surface area contributed by atoms with E-state index in [1.165, 1.54) is 25.7 Å². The third-order valence-electron chi connectivity index (χ3n) is 2.88. The molecule has 0 aromatic heterocycles. The molecule has 0 aliphatic heterocycles. The van der Waals surface area contributed by atoms with Gasteiger partial charge in [-0.3, -0.25) is 4.79 Å². The van der Waals surface area contributed by atoms with Crippen molar-refractivity contribution in [2.75, 3.05) is 13.1 Å². The Morgan fingerprint density at radius 1 is 1.40 bits per heavy atom. The normalized spacial score (nSPS) is 17.5. The van der Waals surface area contributed by atoms with Crippen LogP contribution in [0.3, 0.4) is 0 Å². The molecule has 1 unspecified atom stereocenters. The largest absolute Gasteiger partial charge is 0.355 e. The number of carbonyl (C=O) groups excluding carboxylic acids is 1. The minimum atomic E-state index is -0.0350. The third-order valence-corrected chi connectivity index (χ3v) is 2.88. The summed E-state index contributed by atoms with van der Waals surface area (Å²) in [5, 5.41) is 6.23. The standard InChI is InChI=1S/C12H24N2O/c1-3-4-5-8-13-12(15)10(2)14-9-11-6-7-11/h10-11,14H,3-9H2,1-2H3,(H,13,15). The maximum absolute atomic E-state index is 11.6. The van der Waals surface area contributed by atoms with Gasteiger partial charge in [-0.15, -0.1) is 0 Å². The highest BCUT2D eigenvalue weighted by molar-refractivity contribution is 5.81. The molecule has 88 valence electrons. The number of hydrogen-bond donors (Lipinski definition) is 2. The molecule has 1 aliphatic carbocycles. The first kappa shape index (κ1) is 12.5. The molecule has 15 heavy (non-hydrogen) atoms. The van der Waals surface area contributed by atoms with Gasteiger partial charge >= 0.3 is 0 Å². The molecular weight excluding hydrogens is 188 g/mol. The minimum Gasteiger partial charge on any atom is -0.355 e. The number of amides is 1. The molecule has 0 aromatic carbocycles. The first-order chi connectivity index (χ1) is 7.24. The molecule has 1 fully saturated rings. The smallest absolute Gasteiger partial charge is 0.236 e. The Morgan fingerprint density at radius 2 is 2.13 bits per heavy atom. The number of rotatable bonds is 8. The minimum absolute atomic E-state index is 0.0350. The summed E-state index contributed by atoms with van der Waals surface area (Å²) >= 11 is 0. The number of hydrogen-bond acceptors (Lipinski definition) is 2. The highest BCUT2D eigenvalue weighted by Gasteiger charge is 2.22. The van der Waals surface area contributed by atoms with E-state index in [2.05, 4.69) is 17.6 Å². The quantitative estimate of drug-likeness (QED) is 0.601. The van der Waals surface area contributed by atoms with E-state index in [0.29, 0.717) is 0 Å². The van der Waals surface area contributed by atoms with E-state index in [1.807, 2.05) is 6.92 Å². The van der Waals surface area contributed by atoms with E-state index in [1.54, 1.807) is 0 Å². The van der Waals surface area contributed by atoms with Gasteiger partial charge in [0, 0.05) is 6.54 Å². The fraction of sp³-hybridized carbons (Fsp3) is 0.917. The highest BCUT2D eigenvalue weighted by atomic mass is 16.2. The van der Waals surface area contributed by atoms with Gasteiger partial charge in [-0.05, 0) is 38.6 Å². The zero-order valence-corrected chi connectivity index (χ0v) is 10.0. The van der Waals surface area contributed by atoms with Crippen LogP contribution < -0.4 is 10.6 Å². The van der Waals surface area contributed by atoms with Crippen LogP contribution in [0.1, 0.15) is 46.0 Å². The Labute approximate surface area is 93.0 Å². The zero-order chi connectivity index (χ0) is 11.1. The maximum Gasteiger partial charge on any atom is 0.236 e. The molecule has 1 atom stereocenters. The van der Waals surface area contributed by atoms with E-state index in [4.69, 9.17) is 0 Å². The van der Waals surface area contributed by atoms with Crippen molar-refractivity contribution in [2.45, 2.75) is 52.0 Å². The van der Waals surface area contributed by atoms with Gasteiger partial charge in [-0.1, -0.05) is 19.8 Å². The molecule has 0 bridgehead atoms. The van der Waals surface area contributed by atoms with Crippen LogP contribution in [0.5, 0.6) is 0 Å². The average Bonchev–Trinajstić information content (AvgIpc) is 3.04. The molecule has 0 aromatic rings. The Bertz CT molecular complexity index is 190. The SMILES string of the molecule is CCCCCNC(=O)C(C)NCC1CC1. The van der Waals surface area contributed by atoms with Crippen LogP contribution in [-0.4, -0.2) is 25.0 Å². The van der Waals surface area contributed by atoms with Crippen LogP contribution in [0, 0.1) is 5.92 Å². The van der Waals surface area contributed by atoms with Crippen LogP contribution in [0.25, 0.3) is 0 Å². The number of unbranched alkanes of at least 4 members (excludes halogenated alkanes) is 2. The van der Waals surface area contributed by atoms with Crippen molar-refractivity contribution in [1.29, 1.82) is 0 Å². The van der Waals surface area contributed by atoms with Gasteiger partial charge in [0.05, 0.1) is 6.04 Å². The van der Waals surface area contributed by atoms with Crippen LogP contribution >= 0.6 is 0 Å². The van der Waals surface area contributed by atoms with Gasteiger partial charge < -0.3 is 10.6 Å². The second kappa shape index (κ2) is 6.83. The number of nitrogens with one attached hydrogen (secondary N) is 2. The molecule has 1 aliphatic rings. The molecule has 2 N–H and O–H groups in total. The van der Waals surface area contributed by atoms with Crippen molar-refractivity contribution < 1.29 is 4.79 Å². The molecule has 1 saturated carbocycles. The van der Waals surface area contributed by atoms with E-state index in [0.717, 1.165) is 25.4 Å². The van der Waals surface area contributed by atoms with Crippen LogP contribution in [0.2, 0.25) is 0 Å². The first-order valence-electron chi connectivity index (χ1n) is 6.25. The summed E-state index contributed by atoms with van der Waals surface area (Å²) in [5.74, 6) is 0.979. The summed E-state index contributed by atoms with van der Waals surface area (Å²) in [6, 6.07) is -0.0350. The predicted molar refractivity (Wildman–Crippen MR) is 62.7 cm³/mol. The Kier molecular flexibility index (Phi) is 5.69. The van der Waals surface area contributed by atoms with Crippen molar-refractivity contribution in [3.63, 3.8) is 0 Å². The fourth-order valence-corrected chi connectivity index (χ4v) is 1.50. The lowest BCUT2D eigenvalue weighted by Crippen LogP contribution is -2.43. The van der Waals surface area contributed by atoms with Crippen LogP contribution in [-0.2, 0) is 4.79 Å². The summed E-state index contributed by atoms with van der Waals surface area (Å²) in [6.45, 7) is 5.94. The second-order valence-corrected chi connectivity index (χ2v) is 4.57. The first-order valence-corrected chi connectivity index (χ1v) is 6.25.